The number of nitrogens with two attached hydrogens (primary N) is 1. The zero-order valence-electron chi connectivity index (χ0n) is 12.9. The number of hydrogen-bond donors (Lipinski definition) is 1. The van der Waals surface area contributed by atoms with E-state index in [9.17, 15) is 4.21 Å². The largest absolute Gasteiger partial charge is 0.390 e. The highest BCUT2D eigenvalue weighted by molar-refractivity contribution is 7.85. The Morgan fingerprint density at radius 1 is 1.17 bits per heavy atom. The Kier molecular flexibility index (Phi) is 5.15. The lowest BCUT2D eigenvalue weighted by Crippen LogP contribution is -2.37. The van der Waals surface area contributed by atoms with Gasteiger partial charge in [-0.15, -0.1) is 0 Å². The quantitative estimate of drug-likeness (QED) is 0.688. The van der Waals surface area contributed by atoms with Crippen molar-refractivity contribution in [3.63, 3.8) is 0 Å². The van der Waals surface area contributed by atoms with Crippen LogP contribution >= 0.6 is 0 Å². The van der Waals surface area contributed by atoms with Crippen LogP contribution in [-0.2, 0) is 17.3 Å². The van der Waals surface area contributed by atoms with Crippen molar-refractivity contribution in [3.8, 4) is 11.3 Å². The van der Waals surface area contributed by atoms with Gasteiger partial charge in [-0.1, -0.05) is 30.3 Å². The Morgan fingerprint density at radius 3 is 2.61 bits per heavy atom. The van der Waals surface area contributed by atoms with Gasteiger partial charge in [0.05, 0.1) is 12.0 Å². The summed E-state index contributed by atoms with van der Waals surface area (Å²) >= 11 is 0. The summed E-state index contributed by atoms with van der Waals surface area (Å²) in [7, 11) is -0.622. The van der Waals surface area contributed by atoms with E-state index < -0.39 is 10.8 Å². The van der Waals surface area contributed by atoms with Gasteiger partial charge < -0.3 is 5.73 Å². The Bertz CT molecular complexity index is 705. The number of pyridine rings is 1. The fourth-order valence-corrected chi connectivity index (χ4v) is 3.73. The molecule has 5 nitrogen and oxygen atoms in total. The van der Waals surface area contributed by atoms with Crippen molar-refractivity contribution in [1.82, 2.24) is 9.88 Å². The molecule has 0 spiro atoms. The second-order valence-corrected chi connectivity index (χ2v) is 7.18. The molecule has 0 amide bonds. The number of aliphatic imine (C=N–C) groups is 1. The third kappa shape index (κ3) is 4.24. The highest BCUT2D eigenvalue weighted by Gasteiger charge is 2.15. The first kappa shape index (κ1) is 15.8. The summed E-state index contributed by atoms with van der Waals surface area (Å²) in [6.07, 6.45) is 1.25. The molecule has 0 aliphatic carbocycles. The number of aromatic nitrogens is 1. The number of nitrogens with zero attached hydrogens (tertiary/aromatic N) is 3. The maximum atomic E-state index is 11.4. The van der Waals surface area contributed by atoms with E-state index in [-0.39, 0.29) is 0 Å². The molecular weight excluding hydrogens is 308 g/mol. The van der Waals surface area contributed by atoms with Crippen LogP contribution in [0.4, 0.5) is 5.82 Å². The summed E-state index contributed by atoms with van der Waals surface area (Å²) in [6.45, 7) is 2.73. The second-order valence-electron chi connectivity index (χ2n) is 5.48. The van der Waals surface area contributed by atoms with Crippen LogP contribution in [-0.4, -0.2) is 45.0 Å². The molecule has 0 atom stereocenters. The second kappa shape index (κ2) is 7.48. The van der Waals surface area contributed by atoms with Gasteiger partial charge in [0, 0.05) is 47.5 Å². The van der Waals surface area contributed by atoms with Gasteiger partial charge in [0.25, 0.3) is 0 Å². The summed E-state index contributed by atoms with van der Waals surface area (Å²) in [5.41, 5.74) is 8.51. The molecule has 1 aromatic carbocycles. The van der Waals surface area contributed by atoms with Crippen LogP contribution in [0, 0.1) is 0 Å². The van der Waals surface area contributed by atoms with Crippen molar-refractivity contribution in [3.05, 3.63) is 48.0 Å². The highest BCUT2D eigenvalue weighted by atomic mass is 32.2. The molecule has 1 aliphatic rings. The molecule has 23 heavy (non-hydrogen) atoms. The minimum atomic E-state index is -0.622. The summed E-state index contributed by atoms with van der Waals surface area (Å²) < 4.78 is 11.4. The Morgan fingerprint density at radius 2 is 1.91 bits per heavy atom. The number of benzene rings is 1. The van der Waals surface area contributed by atoms with E-state index in [2.05, 4.69) is 39.1 Å². The zero-order chi connectivity index (χ0) is 16.1. The predicted molar refractivity (Wildman–Crippen MR) is 95.2 cm³/mol. The van der Waals surface area contributed by atoms with Crippen LogP contribution in [0.25, 0.3) is 11.3 Å². The maximum Gasteiger partial charge on any atom is 0.154 e. The Labute approximate surface area is 138 Å². The van der Waals surface area contributed by atoms with Gasteiger partial charge in [0.2, 0.25) is 0 Å². The van der Waals surface area contributed by atoms with Crippen LogP contribution in [0.15, 0.2) is 47.5 Å². The topological polar surface area (TPSA) is 71.6 Å². The van der Waals surface area contributed by atoms with E-state index in [4.69, 9.17) is 5.73 Å². The van der Waals surface area contributed by atoms with Gasteiger partial charge >= 0.3 is 0 Å². The highest BCUT2D eigenvalue weighted by Crippen LogP contribution is 2.21. The van der Waals surface area contributed by atoms with Crippen LogP contribution in [0.2, 0.25) is 0 Å². The lowest BCUT2D eigenvalue weighted by Gasteiger charge is -2.26. The van der Waals surface area contributed by atoms with Gasteiger partial charge in [0.15, 0.2) is 5.82 Å². The van der Waals surface area contributed by atoms with E-state index in [1.54, 1.807) is 0 Å². The fraction of sp³-hybridized carbons (Fsp3) is 0.294. The summed E-state index contributed by atoms with van der Waals surface area (Å²) in [5, 5.41) is 0. The molecule has 0 radical (unpaired) electrons. The van der Waals surface area contributed by atoms with Crippen molar-refractivity contribution >= 4 is 23.0 Å². The van der Waals surface area contributed by atoms with Gasteiger partial charge in [-0.25, -0.2) is 9.98 Å². The summed E-state index contributed by atoms with van der Waals surface area (Å²) in [4.78, 5) is 10.8. The van der Waals surface area contributed by atoms with Gasteiger partial charge in [-0.2, -0.15) is 0 Å². The molecular formula is C17H20N4OS. The first-order valence-corrected chi connectivity index (χ1v) is 9.11. The molecule has 0 saturated carbocycles. The Hall–Kier alpha value is -2.05. The molecule has 0 unspecified atom stereocenters. The fourth-order valence-electron chi connectivity index (χ4n) is 2.61. The molecule has 2 heterocycles. The molecule has 1 aromatic heterocycles. The molecule has 2 aromatic rings. The van der Waals surface area contributed by atoms with E-state index >= 15 is 0 Å². The first-order valence-electron chi connectivity index (χ1n) is 7.62. The van der Waals surface area contributed by atoms with Gasteiger partial charge in [-0.05, 0) is 17.7 Å². The smallest absolute Gasteiger partial charge is 0.154 e. The van der Waals surface area contributed by atoms with E-state index in [0.717, 1.165) is 42.4 Å². The monoisotopic (exact) mass is 328 g/mol. The SMILES string of the molecule is N/C=N\c1cccc(-c2ccc(CN3CCS(=O)CC3)cc2)n1. The van der Waals surface area contributed by atoms with Gasteiger partial charge in [0.1, 0.15) is 0 Å². The van der Waals surface area contributed by atoms with Crippen LogP contribution in [0.5, 0.6) is 0 Å². The van der Waals surface area contributed by atoms with Crippen molar-refractivity contribution in [2.24, 2.45) is 10.7 Å². The maximum absolute atomic E-state index is 11.4. The van der Waals surface area contributed by atoms with Crippen LogP contribution < -0.4 is 5.73 Å². The van der Waals surface area contributed by atoms with Crippen LogP contribution in [0.3, 0.4) is 0 Å². The summed E-state index contributed by atoms with van der Waals surface area (Å²) in [5.74, 6) is 2.18. The average molecular weight is 328 g/mol. The predicted octanol–water partition coefficient (Wildman–Crippen LogP) is 1.93. The number of hydrogen-bond acceptors (Lipinski definition) is 4. The van der Waals surface area contributed by atoms with E-state index in [1.165, 1.54) is 11.9 Å². The summed E-state index contributed by atoms with van der Waals surface area (Å²) in [6, 6.07) is 14.1. The van der Waals surface area contributed by atoms with Crippen molar-refractivity contribution < 1.29 is 4.21 Å². The lowest BCUT2D eigenvalue weighted by molar-refractivity contribution is 0.291. The molecule has 1 saturated heterocycles. The van der Waals surface area contributed by atoms with Crippen molar-refractivity contribution in [2.45, 2.75) is 6.54 Å². The minimum Gasteiger partial charge on any atom is -0.390 e. The molecule has 1 aliphatic heterocycles. The molecule has 3 rings (SSSR count). The normalized spacial score (nSPS) is 16.9. The zero-order valence-corrected chi connectivity index (χ0v) is 13.7. The van der Waals surface area contributed by atoms with Gasteiger partial charge in [-0.3, -0.25) is 9.11 Å². The standard InChI is InChI=1S/C17H20N4OS/c18-13-19-17-3-1-2-16(20-17)15-6-4-14(5-7-15)12-21-8-10-23(22)11-9-21/h1-7,13H,8-12H2,(H2,18,19,20). The minimum absolute atomic E-state index is 0.607. The molecule has 0 bridgehead atoms. The van der Waals surface area contributed by atoms with E-state index in [0.29, 0.717) is 5.82 Å². The first-order chi connectivity index (χ1) is 11.2. The molecule has 2 N–H and O–H groups in total. The third-order valence-electron chi connectivity index (χ3n) is 3.87. The van der Waals surface area contributed by atoms with Crippen molar-refractivity contribution in [2.75, 3.05) is 24.6 Å². The molecule has 6 heteroatoms. The third-order valence-corrected chi connectivity index (χ3v) is 5.14. The molecule has 120 valence electrons. The van der Waals surface area contributed by atoms with Crippen molar-refractivity contribution in [1.29, 1.82) is 0 Å². The average Bonchev–Trinajstić information content (AvgIpc) is 2.58. The molecule has 1 fully saturated rings. The van der Waals surface area contributed by atoms with E-state index in [1.807, 2.05) is 18.2 Å². The Balaban J connectivity index is 1.69. The lowest BCUT2D eigenvalue weighted by atomic mass is 10.1. The van der Waals surface area contributed by atoms with Crippen LogP contribution in [0.1, 0.15) is 5.56 Å². The number of rotatable bonds is 4.